The Labute approximate surface area is 185 Å². The van der Waals surface area contributed by atoms with Crippen LogP contribution >= 0.6 is 0 Å². The van der Waals surface area contributed by atoms with Gasteiger partial charge in [-0.15, -0.1) is 0 Å². The van der Waals surface area contributed by atoms with Crippen molar-refractivity contribution in [3.8, 4) is 0 Å². The number of hydrogen-bond acceptors (Lipinski definition) is 1. The quantitative estimate of drug-likeness (QED) is 0.515. The molecule has 5 saturated carbocycles. The molecule has 0 unspecified atom stereocenters. The number of rotatable bonds is 4. The van der Waals surface area contributed by atoms with Gasteiger partial charge in [0.25, 0.3) is 0 Å². The molecule has 170 valence electrons. The fraction of sp³-hybridized carbons (Fsp3) is 0.964. The van der Waals surface area contributed by atoms with E-state index in [1.807, 2.05) is 0 Å². The molecule has 5 aliphatic carbocycles. The molecule has 1 N–H and O–H groups in total. The lowest BCUT2D eigenvalue weighted by molar-refractivity contribution is -0.150. The summed E-state index contributed by atoms with van der Waals surface area (Å²) in [7, 11) is 0. The Bertz CT molecular complexity index is 741. The number of hydrogen-bond donors (Lipinski definition) is 1. The normalized spacial score (nSPS) is 54.3. The molecule has 9 atom stereocenters. The minimum Gasteiger partial charge on any atom is -0.481 e. The Morgan fingerprint density at radius 1 is 0.900 bits per heavy atom. The molecular weight excluding hydrogens is 368 g/mol. The summed E-state index contributed by atoms with van der Waals surface area (Å²) in [4.78, 5) is 11.2. The van der Waals surface area contributed by atoms with Gasteiger partial charge in [0.15, 0.2) is 0 Å². The van der Waals surface area contributed by atoms with E-state index in [2.05, 4.69) is 41.5 Å². The van der Waals surface area contributed by atoms with Gasteiger partial charge in [0.1, 0.15) is 0 Å². The first-order chi connectivity index (χ1) is 13.9. The summed E-state index contributed by atoms with van der Waals surface area (Å²) in [5.74, 6) is 3.38. The molecule has 2 nitrogen and oxygen atoms in total. The van der Waals surface area contributed by atoms with Crippen LogP contribution in [-0.4, -0.2) is 11.1 Å². The fourth-order valence-corrected chi connectivity index (χ4v) is 11.0. The zero-order valence-electron chi connectivity index (χ0n) is 20.5. The lowest BCUT2D eigenvalue weighted by Crippen LogP contribution is -2.56. The van der Waals surface area contributed by atoms with Gasteiger partial charge in [0, 0.05) is 6.42 Å². The van der Waals surface area contributed by atoms with Gasteiger partial charge in [0.2, 0.25) is 0 Å². The van der Waals surface area contributed by atoms with E-state index >= 15 is 0 Å². The van der Waals surface area contributed by atoms with Crippen molar-refractivity contribution < 1.29 is 9.90 Å². The summed E-state index contributed by atoms with van der Waals surface area (Å²) < 4.78 is 0. The number of carbonyl (C=O) groups is 1. The summed E-state index contributed by atoms with van der Waals surface area (Å²) in [6, 6.07) is 0. The monoisotopic (exact) mass is 414 g/mol. The molecule has 5 rings (SSSR count). The van der Waals surface area contributed by atoms with Crippen molar-refractivity contribution in [2.45, 2.75) is 112 Å². The van der Waals surface area contributed by atoms with Gasteiger partial charge in [0.05, 0.1) is 0 Å². The smallest absolute Gasteiger partial charge is 0.303 e. The molecule has 2 heteroatoms. The maximum absolute atomic E-state index is 11.2. The van der Waals surface area contributed by atoms with E-state index in [0.717, 1.165) is 30.1 Å². The van der Waals surface area contributed by atoms with Crippen LogP contribution in [0.1, 0.15) is 112 Å². The second-order valence-electron chi connectivity index (χ2n) is 13.8. The maximum Gasteiger partial charge on any atom is 0.303 e. The number of aliphatic carboxylic acids is 1. The molecule has 0 heterocycles. The van der Waals surface area contributed by atoms with Crippen LogP contribution in [0.2, 0.25) is 0 Å². The number of carboxylic acid groups (broad SMARTS) is 1. The first kappa shape index (κ1) is 21.3. The Morgan fingerprint density at radius 2 is 1.57 bits per heavy atom. The first-order valence-electron chi connectivity index (χ1n) is 13.2. The third-order valence-electron chi connectivity index (χ3n) is 13.2. The highest BCUT2D eigenvalue weighted by molar-refractivity contribution is 5.66. The predicted molar refractivity (Wildman–Crippen MR) is 122 cm³/mol. The fourth-order valence-electron chi connectivity index (χ4n) is 11.0. The Hall–Kier alpha value is -0.530. The van der Waals surface area contributed by atoms with Crippen LogP contribution in [0.25, 0.3) is 0 Å². The van der Waals surface area contributed by atoms with Gasteiger partial charge < -0.3 is 5.11 Å². The molecule has 0 bridgehead atoms. The van der Waals surface area contributed by atoms with Gasteiger partial charge in [-0.2, -0.15) is 0 Å². The van der Waals surface area contributed by atoms with Crippen molar-refractivity contribution in [1.29, 1.82) is 0 Å². The Kier molecular flexibility index (Phi) is 4.47. The molecule has 5 aliphatic rings. The van der Waals surface area contributed by atoms with E-state index in [9.17, 15) is 9.90 Å². The lowest BCUT2D eigenvalue weighted by atomic mass is 9.41. The Morgan fingerprint density at radius 3 is 2.27 bits per heavy atom. The van der Waals surface area contributed by atoms with Crippen molar-refractivity contribution in [2.24, 2.45) is 56.7 Å². The summed E-state index contributed by atoms with van der Waals surface area (Å²) in [5, 5.41) is 9.22. The van der Waals surface area contributed by atoms with E-state index in [0.29, 0.717) is 39.4 Å². The van der Waals surface area contributed by atoms with E-state index in [-0.39, 0.29) is 0 Å². The number of carboxylic acids is 1. The Balaban J connectivity index is 1.44. The standard InChI is InChI=1S/C28H46O2/c1-18(7-10-23(29)30)20-12-13-26(6)22-9-8-21-24(3,4)19(2)11-14-27(21)17-28(22,27)16-15-25(20,26)5/h18-22H,7-17H2,1-6H3,(H,29,30)/t18-,19+,20-,21+,22+,25-,26+,27-,28+/m1/s1. The molecule has 0 aromatic heterocycles. The molecule has 2 spiro atoms. The third kappa shape index (κ3) is 2.35. The second-order valence-corrected chi connectivity index (χ2v) is 13.8. The van der Waals surface area contributed by atoms with Crippen LogP contribution in [0.5, 0.6) is 0 Å². The lowest BCUT2D eigenvalue weighted by Gasteiger charge is -2.63. The maximum atomic E-state index is 11.2. The van der Waals surface area contributed by atoms with Crippen LogP contribution in [0.3, 0.4) is 0 Å². The van der Waals surface area contributed by atoms with E-state index in [1.54, 1.807) is 0 Å². The largest absolute Gasteiger partial charge is 0.481 e. The molecular formula is C28H46O2. The molecule has 0 saturated heterocycles. The zero-order valence-corrected chi connectivity index (χ0v) is 20.5. The summed E-state index contributed by atoms with van der Waals surface area (Å²) in [6.07, 6.45) is 14.2. The van der Waals surface area contributed by atoms with Gasteiger partial charge >= 0.3 is 5.97 Å². The molecule has 0 radical (unpaired) electrons. The molecule has 0 aromatic rings. The molecule has 0 aromatic carbocycles. The summed E-state index contributed by atoms with van der Waals surface area (Å²) in [6.45, 7) is 15.4. The summed E-state index contributed by atoms with van der Waals surface area (Å²) >= 11 is 0. The minimum absolute atomic E-state index is 0.343. The first-order valence-corrected chi connectivity index (χ1v) is 13.2. The van der Waals surface area contributed by atoms with Gasteiger partial charge in [-0.25, -0.2) is 0 Å². The SMILES string of the molecule is C[C@H](CCC(=O)O)[C@H]1CC[C@@]2(C)[C@@H]3CC[C@H]4C(C)(C)[C@@H](C)CC[C@@]45C[C@@]35CC[C@]12C. The molecule has 0 amide bonds. The van der Waals surface area contributed by atoms with Crippen LogP contribution < -0.4 is 0 Å². The topological polar surface area (TPSA) is 37.3 Å². The van der Waals surface area contributed by atoms with Crippen LogP contribution in [0.15, 0.2) is 0 Å². The molecule has 5 fully saturated rings. The van der Waals surface area contributed by atoms with Crippen molar-refractivity contribution >= 4 is 5.97 Å². The van der Waals surface area contributed by atoms with E-state index in [4.69, 9.17) is 0 Å². The van der Waals surface area contributed by atoms with Gasteiger partial charge in [-0.3, -0.25) is 4.79 Å². The van der Waals surface area contributed by atoms with Crippen molar-refractivity contribution in [2.75, 3.05) is 0 Å². The van der Waals surface area contributed by atoms with E-state index in [1.165, 1.54) is 57.8 Å². The van der Waals surface area contributed by atoms with Crippen LogP contribution in [0.4, 0.5) is 0 Å². The van der Waals surface area contributed by atoms with Crippen LogP contribution in [-0.2, 0) is 4.79 Å². The second kappa shape index (κ2) is 6.28. The highest BCUT2D eigenvalue weighted by atomic mass is 16.4. The zero-order chi connectivity index (χ0) is 21.7. The van der Waals surface area contributed by atoms with Gasteiger partial charge in [-0.05, 0) is 121 Å². The summed E-state index contributed by atoms with van der Waals surface area (Å²) in [5.41, 5.74) is 2.71. The molecule has 30 heavy (non-hydrogen) atoms. The van der Waals surface area contributed by atoms with Gasteiger partial charge in [-0.1, -0.05) is 41.5 Å². The van der Waals surface area contributed by atoms with Crippen molar-refractivity contribution in [3.63, 3.8) is 0 Å². The average Bonchev–Trinajstić information content (AvgIpc) is 3.26. The highest BCUT2D eigenvalue weighted by Gasteiger charge is 2.81. The number of fused-ring (bicyclic) bond motifs is 2. The third-order valence-corrected chi connectivity index (χ3v) is 13.2. The predicted octanol–water partition coefficient (Wildman–Crippen LogP) is 7.56. The van der Waals surface area contributed by atoms with Crippen LogP contribution in [0, 0.1) is 56.7 Å². The average molecular weight is 415 g/mol. The van der Waals surface area contributed by atoms with E-state index < -0.39 is 5.97 Å². The van der Waals surface area contributed by atoms with Crippen molar-refractivity contribution in [1.82, 2.24) is 0 Å². The van der Waals surface area contributed by atoms with Crippen molar-refractivity contribution in [3.05, 3.63) is 0 Å². The minimum atomic E-state index is -0.622. The molecule has 0 aliphatic heterocycles. The highest BCUT2D eigenvalue weighted by Crippen LogP contribution is 2.89.